The molecule has 1 aliphatic heterocycles. The molecule has 7 heteroatoms. The first-order chi connectivity index (χ1) is 16.5. The van der Waals surface area contributed by atoms with Crippen LogP contribution in [0.15, 0.2) is 59.1 Å². The molecule has 1 atom stereocenters. The van der Waals surface area contributed by atoms with Crippen molar-refractivity contribution >= 4 is 17.5 Å². The number of oxazole rings is 1. The standard InChI is InChI=1S/C27H31N3O4/c1-4-20(5-2)29-27(32)24-17-30(21-8-6-7-9-22(21)33-24)26(31)15-14-25-28-16-23(34-25)19-12-10-18(3)11-13-19/h6-13,16,20,24H,4-5,14-15,17H2,1-3H3,(H,29,32). The fraction of sp³-hybridized carbons (Fsp3) is 0.370. The van der Waals surface area contributed by atoms with Crippen molar-refractivity contribution in [3.8, 4) is 17.1 Å². The van der Waals surface area contributed by atoms with Crippen molar-refractivity contribution in [1.82, 2.24) is 10.3 Å². The van der Waals surface area contributed by atoms with E-state index in [2.05, 4.69) is 10.3 Å². The molecule has 1 unspecified atom stereocenters. The van der Waals surface area contributed by atoms with Crippen LogP contribution in [-0.2, 0) is 16.0 Å². The molecule has 1 aliphatic rings. The highest BCUT2D eigenvalue weighted by Gasteiger charge is 2.34. The number of rotatable bonds is 8. The number of nitrogens with zero attached hydrogens (tertiary/aromatic N) is 2. The molecule has 0 saturated heterocycles. The molecule has 1 N–H and O–H groups in total. The predicted octanol–water partition coefficient (Wildman–Crippen LogP) is 4.68. The van der Waals surface area contributed by atoms with Crippen molar-refractivity contribution in [2.75, 3.05) is 11.4 Å². The number of ether oxygens (including phenoxy) is 1. The molecule has 0 aliphatic carbocycles. The summed E-state index contributed by atoms with van der Waals surface area (Å²) in [5, 5.41) is 3.03. The van der Waals surface area contributed by atoms with Crippen molar-refractivity contribution in [3.05, 3.63) is 66.2 Å². The molecule has 2 heterocycles. The molecule has 1 aromatic heterocycles. The largest absolute Gasteiger partial charge is 0.477 e. The van der Waals surface area contributed by atoms with Crippen LogP contribution >= 0.6 is 0 Å². The van der Waals surface area contributed by atoms with Gasteiger partial charge in [-0.1, -0.05) is 55.8 Å². The van der Waals surface area contributed by atoms with Crippen LogP contribution in [0.25, 0.3) is 11.3 Å². The second kappa shape index (κ2) is 10.5. The summed E-state index contributed by atoms with van der Waals surface area (Å²) in [5.41, 5.74) is 2.79. The van der Waals surface area contributed by atoms with E-state index in [0.717, 1.165) is 18.4 Å². The van der Waals surface area contributed by atoms with Crippen LogP contribution in [-0.4, -0.2) is 35.5 Å². The number of amides is 2. The normalized spacial score (nSPS) is 15.1. The topological polar surface area (TPSA) is 84.7 Å². The van der Waals surface area contributed by atoms with Crippen molar-refractivity contribution in [1.29, 1.82) is 0 Å². The maximum absolute atomic E-state index is 13.2. The minimum atomic E-state index is -0.755. The van der Waals surface area contributed by atoms with Crippen molar-refractivity contribution < 1.29 is 18.7 Å². The molecular formula is C27H31N3O4. The van der Waals surface area contributed by atoms with Gasteiger partial charge in [-0.15, -0.1) is 0 Å². The van der Waals surface area contributed by atoms with Crippen molar-refractivity contribution in [2.45, 2.75) is 58.6 Å². The fourth-order valence-electron chi connectivity index (χ4n) is 4.02. The predicted molar refractivity (Wildman–Crippen MR) is 131 cm³/mol. The van der Waals surface area contributed by atoms with Gasteiger partial charge in [0.1, 0.15) is 5.75 Å². The Labute approximate surface area is 200 Å². The zero-order chi connectivity index (χ0) is 24.1. The van der Waals surface area contributed by atoms with E-state index in [1.165, 1.54) is 5.56 Å². The zero-order valence-corrected chi connectivity index (χ0v) is 19.9. The number of para-hydroxylation sites is 2. The summed E-state index contributed by atoms with van der Waals surface area (Å²) in [5.74, 6) is 1.41. The Kier molecular flexibility index (Phi) is 7.30. The van der Waals surface area contributed by atoms with E-state index in [0.29, 0.717) is 29.5 Å². The molecule has 0 radical (unpaired) electrons. The van der Waals surface area contributed by atoms with Crippen LogP contribution in [0.1, 0.15) is 44.6 Å². The van der Waals surface area contributed by atoms with Gasteiger partial charge in [0.05, 0.1) is 18.4 Å². The van der Waals surface area contributed by atoms with Gasteiger partial charge in [-0.05, 0) is 31.9 Å². The highest BCUT2D eigenvalue weighted by Crippen LogP contribution is 2.34. The number of fused-ring (bicyclic) bond motifs is 1. The minimum Gasteiger partial charge on any atom is -0.477 e. The number of nitrogens with one attached hydrogen (secondary N) is 1. The average Bonchev–Trinajstić information content (AvgIpc) is 3.34. The first-order valence-corrected chi connectivity index (χ1v) is 11.9. The fourth-order valence-corrected chi connectivity index (χ4v) is 4.02. The SMILES string of the molecule is CCC(CC)NC(=O)C1CN(C(=O)CCc2ncc(-c3ccc(C)cc3)o2)c2ccccc2O1. The van der Waals surface area contributed by atoms with E-state index in [9.17, 15) is 9.59 Å². The molecule has 4 rings (SSSR count). The lowest BCUT2D eigenvalue weighted by atomic mass is 10.1. The third-order valence-corrected chi connectivity index (χ3v) is 6.14. The minimum absolute atomic E-state index is 0.0881. The number of carbonyl (C=O) groups is 2. The molecule has 0 saturated carbocycles. The number of aryl methyl sites for hydroxylation is 2. The maximum atomic E-state index is 13.2. The Morgan fingerprint density at radius 1 is 1.12 bits per heavy atom. The van der Waals surface area contributed by atoms with Gasteiger partial charge in [-0.3, -0.25) is 9.59 Å². The molecule has 0 fully saturated rings. The lowest BCUT2D eigenvalue weighted by Gasteiger charge is -2.34. The van der Waals surface area contributed by atoms with Crippen LogP contribution in [0.5, 0.6) is 5.75 Å². The molecule has 0 spiro atoms. The Morgan fingerprint density at radius 2 is 1.85 bits per heavy atom. The van der Waals surface area contributed by atoms with Crippen LogP contribution in [0, 0.1) is 6.92 Å². The number of anilines is 1. The van der Waals surface area contributed by atoms with E-state index in [1.807, 2.05) is 63.2 Å². The van der Waals surface area contributed by atoms with E-state index >= 15 is 0 Å². The van der Waals surface area contributed by atoms with Gasteiger partial charge in [0.25, 0.3) is 5.91 Å². The van der Waals surface area contributed by atoms with E-state index < -0.39 is 6.10 Å². The number of benzene rings is 2. The number of hydrogen-bond donors (Lipinski definition) is 1. The summed E-state index contributed by atoms with van der Waals surface area (Å²) >= 11 is 0. The number of carbonyl (C=O) groups excluding carboxylic acids is 2. The van der Waals surface area contributed by atoms with Gasteiger partial charge in [-0.25, -0.2) is 4.98 Å². The van der Waals surface area contributed by atoms with Crippen molar-refractivity contribution in [3.63, 3.8) is 0 Å². The first kappa shape index (κ1) is 23.5. The third-order valence-electron chi connectivity index (χ3n) is 6.14. The van der Waals surface area contributed by atoms with Gasteiger partial charge in [-0.2, -0.15) is 0 Å². The molecule has 2 aromatic carbocycles. The van der Waals surface area contributed by atoms with Crippen molar-refractivity contribution in [2.24, 2.45) is 0 Å². The average molecular weight is 462 g/mol. The lowest BCUT2D eigenvalue weighted by Crippen LogP contribution is -2.52. The summed E-state index contributed by atoms with van der Waals surface area (Å²) in [6.45, 7) is 6.27. The molecular weight excluding hydrogens is 430 g/mol. The summed E-state index contributed by atoms with van der Waals surface area (Å²) in [7, 11) is 0. The van der Waals surface area contributed by atoms with Gasteiger partial charge < -0.3 is 19.4 Å². The van der Waals surface area contributed by atoms with Gasteiger partial charge in [0, 0.05) is 24.4 Å². The molecule has 2 amide bonds. The quantitative estimate of drug-likeness (QED) is 0.526. The highest BCUT2D eigenvalue weighted by molar-refractivity contribution is 5.97. The van der Waals surface area contributed by atoms with Gasteiger partial charge in [0.15, 0.2) is 17.8 Å². The molecule has 178 valence electrons. The Hall–Kier alpha value is -3.61. The zero-order valence-electron chi connectivity index (χ0n) is 19.9. The second-order valence-electron chi connectivity index (χ2n) is 8.58. The number of hydrogen-bond acceptors (Lipinski definition) is 5. The van der Waals surface area contributed by atoms with Gasteiger partial charge in [0.2, 0.25) is 5.91 Å². The second-order valence-corrected chi connectivity index (χ2v) is 8.58. The first-order valence-electron chi connectivity index (χ1n) is 11.9. The lowest BCUT2D eigenvalue weighted by molar-refractivity contribution is -0.129. The van der Waals surface area contributed by atoms with E-state index in [-0.39, 0.29) is 30.8 Å². The van der Waals surface area contributed by atoms with E-state index in [1.54, 1.807) is 17.2 Å². The van der Waals surface area contributed by atoms with Gasteiger partial charge >= 0.3 is 0 Å². The van der Waals surface area contributed by atoms with E-state index in [4.69, 9.17) is 9.15 Å². The smallest absolute Gasteiger partial charge is 0.263 e. The number of aromatic nitrogens is 1. The summed E-state index contributed by atoms with van der Waals surface area (Å²) in [6, 6.07) is 15.4. The molecule has 34 heavy (non-hydrogen) atoms. The molecule has 7 nitrogen and oxygen atoms in total. The van der Waals surface area contributed by atoms with Crippen LogP contribution in [0.4, 0.5) is 5.69 Å². The van der Waals surface area contributed by atoms with Crippen LogP contribution in [0.2, 0.25) is 0 Å². The maximum Gasteiger partial charge on any atom is 0.263 e. The van der Waals surface area contributed by atoms with Crippen LogP contribution in [0.3, 0.4) is 0 Å². The monoisotopic (exact) mass is 461 g/mol. The highest BCUT2D eigenvalue weighted by atomic mass is 16.5. The Morgan fingerprint density at radius 3 is 2.59 bits per heavy atom. The summed E-state index contributed by atoms with van der Waals surface area (Å²) in [4.78, 5) is 32.0. The summed E-state index contributed by atoms with van der Waals surface area (Å²) < 4.78 is 11.8. The Balaban J connectivity index is 1.44. The molecule has 0 bridgehead atoms. The van der Waals surface area contributed by atoms with Crippen LogP contribution < -0.4 is 15.0 Å². The molecule has 3 aromatic rings. The third kappa shape index (κ3) is 5.30. The summed E-state index contributed by atoms with van der Waals surface area (Å²) in [6.07, 6.45) is 3.20. The Bertz CT molecular complexity index is 1130.